The molecule has 0 bridgehead atoms. The lowest BCUT2D eigenvalue weighted by Gasteiger charge is -2.27. The molecule has 0 aliphatic carbocycles. The van der Waals surface area contributed by atoms with Gasteiger partial charge in [-0.15, -0.1) is 0 Å². The molecule has 2 N–H and O–H groups in total. The molecule has 2 rings (SSSR count). The molecular weight excluding hydrogens is 218 g/mol. The van der Waals surface area contributed by atoms with Gasteiger partial charge in [0.25, 0.3) is 0 Å². The summed E-state index contributed by atoms with van der Waals surface area (Å²) in [5, 5.41) is 0. The second kappa shape index (κ2) is 4.95. The van der Waals surface area contributed by atoms with Gasteiger partial charge in [-0.3, -0.25) is 0 Å². The Morgan fingerprint density at radius 2 is 1.67 bits per heavy atom. The van der Waals surface area contributed by atoms with Crippen LogP contribution in [0.25, 0.3) is 0 Å². The van der Waals surface area contributed by atoms with Crippen LogP contribution in [-0.4, -0.2) is 0 Å². The molecule has 0 aliphatic heterocycles. The lowest BCUT2D eigenvalue weighted by atomic mass is 9.84. The number of rotatable bonds is 3. The van der Waals surface area contributed by atoms with Gasteiger partial charge in [-0.25, -0.2) is 0 Å². The fourth-order valence-corrected chi connectivity index (χ4v) is 2.57. The van der Waals surface area contributed by atoms with E-state index in [2.05, 4.69) is 63.2 Å². The van der Waals surface area contributed by atoms with Crippen LogP contribution in [0.1, 0.15) is 29.2 Å². The minimum Gasteiger partial charge on any atom is -0.321 e. The van der Waals surface area contributed by atoms with Crippen molar-refractivity contribution in [2.45, 2.75) is 32.7 Å². The largest absolute Gasteiger partial charge is 0.321 e. The van der Waals surface area contributed by atoms with Crippen molar-refractivity contribution >= 4 is 0 Å². The molecule has 0 aromatic heterocycles. The summed E-state index contributed by atoms with van der Waals surface area (Å²) >= 11 is 0. The van der Waals surface area contributed by atoms with E-state index in [1.54, 1.807) is 0 Å². The van der Waals surface area contributed by atoms with Crippen LogP contribution in [-0.2, 0) is 12.0 Å². The van der Waals surface area contributed by atoms with E-state index in [4.69, 9.17) is 5.73 Å². The van der Waals surface area contributed by atoms with Crippen molar-refractivity contribution in [1.29, 1.82) is 0 Å². The van der Waals surface area contributed by atoms with Crippen molar-refractivity contribution in [3.63, 3.8) is 0 Å². The smallest absolute Gasteiger partial charge is 0.0424 e. The highest BCUT2D eigenvalue weighted by molar-refractivity contribution is 5.36. The number of nitrogens with two attached hydrogens (primary N) is 1. The number of hydrogen-bond acceptors (Lipinski definition) is 1. The molecule has 0 heterocycles. The van der Waals surface area contributed by atoms with Crippen LogP contribution in [0.3, 0.4) is 0 Å². The molecule has 18 heavy (non-hydrogen) atoms. The third-order valence-corrected chi connectivity index (χ3v) is 3.41. The minimum atomic E-state index is -0.320. The van der Waals surface area contributed by atoms with Crippen molar-refractivity contribution in [2.24, 2.45) is 5.73 Å². The predicted octanol–water partition coefficient (Wildman–Crippen LogP) is 3.72. The maximum atomic E-state index is 6.52. The lowest BCUT2D eigenvalue weighted by molar-refractivity contribution is 0.488. The first kappa shape index (κ1) is 12.8. The lowest BCUT2D eigenvalue weighted by Crippen LogP contribution is -2.36. The monoisotopic (exact) mass is 239 g/mol. The van der Waals surface area contributed by atoms with Crippen LogP contribution in [0, 0.1) is 13.8 Å². The molecule has 0 fully saturated rings. The maximum absolute atomic E-state index is 6.52. The average Bonchev–Trinajstić information content (AvgIpc) is 2.29. The Hall–Kier alpha value is -1.60. The first-order chi connectivity index (χ1) is 8.49. The highest BCUT2D eigenvalue weighted by Gasteiger charge is 2.23. The zero-order valence-corrected chi connectivity index (χ0v) is 11.4. The zero-order valence-electron chi connectivity index (χ0n) is 11.4. The van der Waals surface area contributed by atoms with Crippen molar-refractivity contribution in [3.05, 3.63) is 70.8 Å². The van der Waals surface area contributed by atoms with Crippen molar-refractivity contribution in [2.75, 3.05) is 0 Å². The molecule has 1 nitrogen and oxygen atoms in total. The molecule has 2 aromatic carbocycles. The van der Waals surface area contributed by atoms with Crippen LogP contribution < -0.4 is 5.73 Å². The van der Waals surface area contributed by atoms with Gasteiger partial charge in [-0.2, -0.15) is 0 Å². The summed E-state index contributed by atoms with van der Waals surface area (Å²) in [6.07, 6.45) is 0.859. The molecule has 1 heteroatoms. The normalized spacial score (nSPS) is 14.2. The Balaban J connectivity index is 2.30. The summed E-state index contributed by atoms with van der Waals surface area (Å²) in [7, 11) is 0. The molecule has 0 saturated carbocycles. The van der Waals surface area contributed by atoms with Gasteiger partial charge < -0.3 is 5.73 Å². The maximum Gasteiger partial charge on any atom is 0.0424 e. The number of hydrogen-bond donors (Lipinski definition) is 1. The van der Waals surface area contributed by atoms with Crippen LogP contribution in [0.15, 0.2) is 48.5 Å². The van der Waals surface area contributed by atoms with Crippen LogP contribution in [0.4, 0.5) is 0 Å². The summed E-state index contributed by atoms with van der Waals surface area (Å²) in [6.45, 7) is 6.36. The van der Waals surface area contributed by atoms with E-state index in [9.17, 15) is 0 Å². The molecule has 0 radical (unpaired) electrons. The van der Waals surface area contributed by atoms with Crippen LogP contribution >= 0.6 is 0 Å². The summed E-state index contributed by atoms with van der Waals surface area (Å²) in [6, 6.07) is 16.9. The standard InChI is InChI=1S/C17H21N/c1-13-9-10-16(14(2)11-13)17(3,18)12-15-7-5-4-6-8-15/h4-11H,12,18H2,1-3H3. The van der Waals surface area contributed by atoms with Gasteiger partial charge in [0.15, 0.2) is 0 Å². The highest BCUT2D eigenvalue weighted by atomic mass is 14.7. The average molecular weight is 239 g/mol. The highest BCUT2D eigenvalue weighted by Crippen LogP contribution is 2.26. The molecule has 1 atom stereocenters. The Labute approximate surface area is 110 Å². The molecule has 0 amide bonds. The van der Waals surface area contributed by atoms with Crippen LogP contribution in [0.5, 0.6) is 0 Å². The van der Waals surface area contributed by atoms with Gasteiger partial charge in [0.2, 0.25) is 0 Å². The van der Waals surface area contributed by atoms with Gasteiger partial charge in [-0.1, -0.05) is 54.1 Å². The van der Waals surface area contributed by atoms with Gasteiger partial charge in [0, 0.05) is 5.54 Å². The molecule has 1 unspecified atom stereocenters. The summed E-state index contributed by atoms with van der Waals surface area (Å²) in [5.41, 5.74) is 11.3. The number of aryl methyl sites for hydroxylation is 2. The first-order valence-corrected chi connectivity index (χ1v) is 6.39. The third-order valence-electron chi connectivity index (χ3n) is 3.41. The van der Waals surface area contributed by atoms with Gasteiger partial charge >= 0.3 is 0 Å². The zero-order chi connectivity index (χ0) is 13.2. The summed E-state index contributed by atoms with van der Waals surface area (Å²) in [5.74, 6) is 0. The van der Waals surface area contributed by atoms with E-state index in [-0.39, 0.29) is 5.54 Å². The third kappa shape index (κ3) is 2.80. The van der Waals surface area contributed by atoms with E-state index in [0.29, 0.717) is 0 Å². The Morgan fingerprint density at radius 3 is 2.28 bits per heavy atom. The van der Waals surface area contributed by atoms with Gasteiger partial charge in [-0.05, 0) is 43.9 Å². The van der Waals surface area contributed by atoms with E-state index in [1.165, 1.54) is 22.3 Å². The topological polar surface area (TPSA) is 26.0 Å². The molecule has 0 saturated heterocycles. The SMILES string of the molecule is Cc1ccc(C(C)(N)Cc2ccccc2)c(C)c1. The van der Waals surface area contributed by atoms with Gasteiger partial charge in [0.1, 0.15) is 0 Å². The van der Waals surface area contributed by atoms with Crippen molar-refractivity contribution < 1.29 is 0 Å². The number of benzene rings is 2. The van der Waals surface area contributed by atoms with E-state index < -0.39 is 0 Å². The fourth-order valence-electron chi connectivity index (χ4n) is 2.57. The van der Waals surface area contributed by atoms with E-state index in [0.717, 1.165) is 6.42 Å². The van der Waals surface area contributed by atoms with Crippen molar-refractivity contribution in [1.82, 2.24) is 0 Å². The Bertz CT molecular complexity index is 527. The summed E-state index contributed by atoms with van der Waals surface area (Å²) in [4.78, 5) is 0. The predicted molar refractivity (Wildman–Crippen MR) is 77.6 cm³/mol. The van der Waals surface area contributed by atoms with Crippen LogP contribution in [0.2, 0.25) is 0 Å². The Kier molecular flexibility index (Phi) is 3.53. The van der Waals surface area contributed by atoms with E-state index in [1.807, 2.05) is 6.07 Å². The fraction of sp³-hybridized carbons (Fsp3) is 0.294. The van der Waals surface area contributed by atoms with Crippen molar-refractivity contribution in [3.8, 4) is 0 Å². The second-order valence-electron chi connectivity index (χ2n) is 5.40. The molecule has 0 aliphatic rings. The van der Waals surface area contributed by atoms with E-state index >= 15 is 0 Å². The molecule has 0 spiro atoms. The summed E-state index contributed by atoms with van der Waals surface area (Å²) < 4.78 is 0. The molecular formula is C17H21N. The second-order valence-corrected chi connectivity index (χ2v) is 5.40. The Morgan fingerprint density at radius 1 is 1.00 bits per heavy atom. The quantitative estimate of drug-likeness (QED) is 0.868. The molecule has 94 valence electrons. The minimum absolute atomic E-state index is 0.320. The van der Waals surface area contributed by atoms with Gasteiger partial charge in [0.05, 0.1) is 0 Å². The molecule has 2 aromatic rings. The first-order valence-electron chi connectivity index (χ1n) is 6.39.